The van der Waals surface area contributed by atoms with Crippen LogP contribution < -0.4 is 15.6 Å². The van der Waals surface area contributed by atoms with Crippen molar-refractivity contribution in [1.29, 1.82) is 0 Å². The monoisotopic (exact) mass is 419 g/mol. The number of fused-ring (bicyclic) bond motifs is 1. The first-order valence-electron chi connectivity index (χ1n) is 8.68. The number of aliphatic hydroxyl groups excluding tert-OH is 1. The van der Waals surface area contributed by atoms with Crippen LogP contribution in [0.25, 0.3) is 0 Å². The first-order valence-corrected chi connectivity index (χ1v) is 10.6. The van der Waals surface area contributed by atoms with Gasteiger partial charge in [-0.05, 0) is 13.3 Å². The zero-order valence-electron chi connectivity index (χ0n) is 14.9. The Kier molecular flexibility index (Phi) is 6.25. The summed E-state index contributed by atoms with van der Waals surface area (Å²) in [6.07, 6.45) is -0.0879. The first-order chi connectivity index (χ1) is 12.7. The third-order valence-corrected chi connectivity index (χ3v) is 7.11. The number of amides is 1. The lowest BCUT2D eigenvalue weighted by Gasteiger charge is -2.46. The molecule has 3 aliphatic heterocycles. The Labute approximate surface area is 163 Å². The maximum absolute atomic E-state index is 12.3. The molecule has 0 radical (unpaired) electrons. The molecular formula is C15H23N4O6S2-. The summed E-state index contributed by atoms with van der Waals surface area (Å²) in [6.45, 7) is 4.51. The number of nitrogens with one attached hydrogen (secondary N) is 3. The summed E-state index contributed by atoms with van der Waals surface area (Å²) in [4.78, 5) is 28.2. The Bertz CT molecular complexity index is 687. The van der Waals surface area contributed by atoms with Crippen molar-refractivity contribution in [3.05, 3.63) is 10.6 Å². The average Bonchev–Trinajstić information content (AvgIpc) is 3.09. The highest BCUT2D eigenvalue weighted by Crippen LogP contribution is 2.51. The Hall–Kier alpha value is -1.02. The fraction of sp³-hybridized carbons (Fsp3) is 0.733. The molecule has 1 amide bonds. The van der Waals surface area contributed by atoms with Crippen LogP contribution in [0.4, 0.5) is 0 Å². The van der Waals surface area contributed by atoms with E-state index in [2.05, 4.69) is 15.6 Å². The van der Waals surface area contributed by atoms with Crippen LogP contribution in [0.15, 0.2) is 10.6 Å². The number of hydrazine groups is 1. The number of nitrogens with zero attached hydrogens (tertiary/aromatic N) is 1. The minimum atomic E-state index is -2.38. The van der Waals surface area contributed by atoms with E-state index in [-0.39, 0.29) is 34.9 Å². The maximum Gasteiger partial charge on any atom is 0.353 e. The van der Waals surface area contributed by atoms with Crippen LogP contribution >= 0.6 is 11.8 Å². The maximum atomic E-state index is 12.3. The normalized spacial score (nSPS) is 35.2. The summed E-state index contributed by atoms with van der Waals surface area (Å²) in [5, 5.41) is 22.9. The number of carboxylic acid groups (broad SMARTS) is 1. The Morgan fingerprint density at radius 1 is 1.56 bits per heavy atom. The molecule has 0 aliphatic carbocycles. The van der Waals surface area contributed by atoms with Gasteiger partial charge in [0.15, 0.2) is 0 Å². The number of thioether (sulfide) groups is 1. The molecule has 2 saturated heterocycles. The van der Waals surface area contributed by atoms with E-state index in [1.807, 2.05) is 6.92 Å². The highest BCUT2D eigenvalue weighted by molar-refractivity contribution is 8.03. The molecule has 10 nitrogen and oxygen atoms in total. The zero-order valence-corrected chi connectivity index (χ0v) is 16.5. The SMILES string of the molecule is C[C@@H](O)[C@H]1C(=O)N2C(C(=O)O)=C(SC3CN[C@H](CNNS(=O)[O-])C3)[C@H](C)[C@H]12. The zero-order chi connectivity index (χ0) is 19.9. The second kappa shape index (κ2) is 8.15. The van der Waals surface area contributed by atoms with Crippen molar-refractivity contribution < 1.29 is 28.6 Å². The largest absolute Gasteiger partial charge is 0.759 e. The second-order valence-corrected chi connectivity index (χ2v) is 9.09. The van der Waals surface area contributed by atoms with Gasteiger partial charge in [-0.2, -0.15) is 4.83 Å². The molecule has 0 aromatic rings. The Balaban J connectivity index is 1.66. The second-order valence-electron chi connectivity index (χ2n) is 7.07. The number of rotatable bonds is 8. The number of carbonyl (C=O) groups excluding carboxylic acids is 1. The van der Waals surface area contributed by atoms with Crippen LogP contribution in [-0.4, -0.2) is 72.3 Å². The van der Waals surface area contributed by atoms with Crippen molar-refractivity contribution in [2.24, 2.45) is 11.8 Å². The average molecular weight is 420 g/mol. The molecule has 0 bridgehead atoms. The predicted octanol–water partition coefficient (Wildman–Crippen LogP) is -1.51. The van der Waals surface area contributed by atoms with Gasteiger partial charge in [0.2, 0.25) is 5.91 Å². The summed E-state index contributed by atoms with van der Waals surface area (Å²) < 4.78 is 20.9. The molecule has 12 heteroatoms. The van der Waals surface area contributed by atoms with Crippen molar-refractivity contribution in [3.63, 3.8) is 0 Å². The van der Waals surface area contributed by atoms with E-state index in [4.69, 9.17) is 0 Å². The van der Waals surface area contributed by atoms with E-state index < -0.39 is 29.3 Å². The molecule has 0 aromatic carbocycles. The summed E-state index contributed by atoms with van der Waals surface area (Å²) >= 11 is -0.922. The summed E-state index contributed by atoms with van der Waals surface area (Å²) in [5.74, 6) is -2.18. The number of β-lactam (4-membered cyclic amide) rings is 1. The highest BCUT2D eigenvalue weighted by Gasteiger charge is 2.60. The van der Waals surface area contributed by atoms with E-state index in [0.29, 0.717) is 18.0 Å². The van der Waals surface area contributed by atoms with Crippen molar-refractivity contribution in [1.82, 2.24) is 20.5 Å². The lowest BCUT2D eigenvalue weighted by Crippen LogP contribution is -2.63. The van der Waals surface area contributed by atoms with Crippen LogP contribution in [0.3, 0.4) is 0 Å². The van der Waals surface area contributed by atoms with Gasteiger partial charge in [0.05, 0.1) is 18.1 Å². The fourth-order valence-electron chi connectivity index (χ4n) is 4.11. The van der Waals surface area contributed by atoms with Gasteiger partial charge in [0.1, 0.15) is 5.70 Å². The molecule has 0 saturated carbocycles. The molecule has 3 rings (SSSR count). The fourth-order valence-corrected chi connectivity index (χ4v) is 5.83. The summed E-state index contributed by atoms with van der Waals surface area (Å²) in [5.41, 5.74) is 2.64. The Morgan fingerprint density at radius 2 is 2.26 bits per heavy atom. The molecule has 152 valence electrons. The molecule has 3 heterocycles. The van der Waals surface area contributed by atoms with Crippen LogP contribution in [0.1, 0.15) is 20.3 Å². The topological polar surface area (TPSA) is 154 Å². The number of hydrogen-bond acceptors (Lipinski definition) is 8. The summed E-state index contributed by atoms with van der Waals surface area (Å²) in [6, 6.07) is -0.262. The number of aliphatic hydroxyl groups is 1. The van der Waals surface area contributed by atoms with Crippen molar-refractivity contribution in [2.45, 2.75) is 43.7 Å². The number of carbonyl (C=O) groups is 2. The smallest absolute Gasteiger partial charge is 0.353 e. The standard InChI is InChI=1S/C15H24N4O6S2/c1-6-11-10(7(2)20)14(21)19(11)12(15(22)23)13(6)26-9-3-8(16-5-9)4-17-18-27(24)25/h6-11,16-18,20H,3-5H2,1-2H3,(H,22,23)(H,24,25)/p-1/t6-,7-,8+,9?,10-,11-/m1/s1. The van der Waals surface area contributed by atoms with Crippen molar-refractivity contribution in [3.8, 4) is 0 Å². The van der Waals surface area contributed by atoms with Gasteiger partial charge in [0, 0.05) is 46.5 Å². The number of carboxylic acids is 1. The van der Waals surface area contributed by atoms with E-state index in [9.17, 15) is 28.6 Å². The minimum Gasteiger partial charge on any atom is -0.759 e. The quantitative estimate of drug-likeness (QED) is 0.179. The lowest BCUT2D eigenvalue weighted by atomic mass is 9.79. The summed E-state index contributed by atoms with van der Waals surface area (Å²) in [7, 11) is 0. The van der Waals surface area contributed by atoms with E-state index in [0.717, 1.165) is 6.42 Å². The lowest BCUT2D eigenvalue weighted by molar-refractivity contribution is -0.163. The van der Waals surface area contributed by atoms with Crippen LogP contribution in [0, 0.1) is 11.8 Å². The van der Waals surface area contributed by atoms with Gasteiger partial charge < -0.3 is 25.0 Å². The van der Waals surface area contributed by atoms with Crippen molar-refractivity contribution in [2.75, 3.05) is 13.1 Å². The van der Waals surface area contributed by atoms with E-state index in [1.54, 1.807) is 6.92 Å². The van der Waals surface area contributed by atoms with Gasteiger partial charge in [-0.25, -0.2) is 10.2 Å². The third-order valence-electron chi connectivity index (χ3n) is 5.29. The molecule has 7 atom stereocenters. The highest BCUT2D eigenvalue weighted by atomic mass is 32.2. The van der Waals surface area contributed by atoms with Gasteiger partial charge in [-0.3, -0.25) is 9.00 Å². The molecule has 0 aromatic heterocycles. The van der Waals surface area contributed by atoms with Crippen LogP contribution in [0.2, 0.25) is 0 Å². The van der Waals surface area contributed by atoms with Gasteiger partial charge >= 0.3 is 5.97 Å². The minimum absolute atomic E-state index is 0.0318. The van der Waals surface area contributed by atoms with Crippen LogP contribution in [-0.2, 0) is 20.9 Å². The number of hydrogen-bond donors (Lipinski definition) is 5. The molecule has 2 unspecified atom stereocenters. The molecular weight excluding hydrogens is 396 g/mol. The molecule has 5 N–H and O–H groups in total. The van der Waals surface area contributed by atoms with E-state index in [1.165, 1.54) is 16.7 Å². The van der Waals surface area contributed by atoms with Gasteiger partial charge in [-0.15, -0.1) is 11.8 Å². The molecule has 0 spiro atoms. The molecule has 27 heavy (non-hydrogen) atoms. The third kappa shape index (κ3) is 3.92. The predicted molar refractivity (Wildman–Crippen MR) is 97.5 cm³/mol. The van der Waals surface area contributed by atoms with Crippen molar-refractivity contribution >= 4 is 34.9 Å². The molecule has 3 aliphatic rings. The van der Waals surface area contributed by atoms with Gasteiger partial charge in [-0.1, -0.05) is 6.92 Å². The van der Waals surface area contributed by atoms with Gasteiger partial charge in [0.25, 0.3) is 0 Å². The van der Waals surface area contributed by atoms with E-state index >= 15 is 0 Å². The first kappa shape index (κ1) is 20.7. The number of aliphatic carboxylic acids is 1. The molecule has 2 fully saturated rings. The Morgan fingerprint density at radius 3 is 2.85 bits per heavy atom. The van der Waals surface area contributed by atoms with Crippen LogP contribution in [0.5, 0.6) is 0 Å².